The topological polar surface area (TPSA) is 77.9 Å². The van der Waals surface area contributed by atoms with E-state index in [1.165, 1.54) is 0 Å². The number of thiophene rings is 1. The molecule has 0 spiro atoms. The van der Waals surface area contributed by atoms with Crippen LogP contribution in [0.5, 0.6) is 5.75 Å². The summed E-state index contributed by atoms with van der Waals surface area (Å²) in [6.45, 7) is 2.73. The first-order chi connectivity index (χ1) is 16.2. The van der Waals surface area contributed by atoms with Gasteiger partial charge in [-0.25, -0.2) is 0 Å². The molecule has 1 fully saturated rings. The minimum atomic E-state index is -0.211. The zero-order chi connectivity index (χ0) is 23.0. The Morgan fingerprint density at radius 3 is 2.97 bits per heavy atom. The number of aliphatic hydroxyl groups is 1. The van der Waals surface area contributed by atoms with Crippen molar-refractivity contribution in [2.45, 2.75) is 25.3 Å². The maximum Gasteiger partial charge on any atom is 0.119 e. The van der Waals surface area contributed by atoms with Gasteiger partial charge in [0, 0.05) is 24.7 Å². The molecule has 3 N–H and O–H groups in total. The first kappa shape index (κ1) is 23.7. The number of hydrogen-bond acceptors (Lipinski definition) is 7. The predicted octanol–water partition coefficient (Wildman–Crippen LogP) is 4.09. The number of aliphatic hydroxyl groups excluding tert-OH is 1. The summed E-state index contributed by atoms with van der Waals surface area (Å²) >= 11 is 1.66. The van der Waals surface area contributed by atoms with Crippen LogP contribution in [0.15, 0.2) is 48.0 Å². The monoisotopic (exact) mass is 465 g/mol. The molecule has 3 atom stereocenters. The lowest BCUT2D eigenvalue weighted by atomic mass is 9.81. The van der Waals surface area contributed by atoms with E-state index < -0.39 is 0 Å². The maximum atomic E-state index is 10.0. The number of pyridine rings is 1. The Hall–Kier alpha value is -2.47. The van der Waals surface area contributed by atoms with Crippen molar-refractivity contribution in [3.8, 4) is 17.6 Å². The van der Waals surface area contributed by atoms with Gasteiger partial charge >= 0.3 is 0 Å². The number of likely N-dealkylation sites (tertiary alicyclic amines) is 1. The third-order valence-corrected chi connectivity index (χ3v) is 7.37. The van der Waals surface area contributed by atoms with Gasteiger partial charge in [-0.3, -0.25) is 9.88 Å². The number of rotatable bonds is 8. The summed E-state index contributed by atoms with van der Waals surface area (Å²) in [4.78, 5) is 7.87. The van der Waals surface area contributed by atoms with E-state index in [1.807, 2.05) is 41.8 Å². The molecule has 2 aromatic heterocycles. The van der Waals surface area contributed by atoms with Crippen molar-refractivity contribution in [3.63, 3.8) is 0 Å². The van der Waals surface area contributed by atoms with E-state index in [-0.39, 0.29) is 18.6 Å². The lowest BCUT2D eigenvalue weighted by Gasteiger charge is -2.37. The molecular weight excluding hydrogens is 434 g/mol. The van der Waals surface area contributed by atoms with Crippen LogP contribution in [0.1, 0.15) is 35.7 Å². The van der Waals surface area contributed by atoms with E-state index in [9.17, 15) is 10.3 Å². The molecule has 7 heteroatoms. The Balaban J connectivity index is 1.38. The van der Waals surface area contributed by atoms with Crippen molar-refractivity contribution < 1.29 is 15.1 Å². The van der Waals surface area contributed by atoms with E-state index >= 15 is 0 Å². The molecule has 0 saturated carbocycles. The van der Waals surface area contributed by atoms with Gasteiger partial charge in [-0.1, -0.05) is 17.9 Å². The fraction of sp³-hybridized carbons (Fsp3) is 0.423. The first-order valence-corrected chi connectivity index (χ1v) is 12.3. The molecule has 0 amide bonds. The molecular formula is C26H31N3O3S. The third kappa shape index (κ3) is 5.91. The Labute approximate surface area is 199 Å². The van der Waals surface area contributed by atoms with Gasteiger partial charge in [0.15, 0.2) is 0 Å². The summed E-state index contributed by atoms with van der Waals surface area (Å²) in [5.41, 5.74) is 4.39. The van der Waals surface area contributed by atoms with Crippen LogP contribution in [-0.4, -0.2) is 53.5 Å². The molecule has 6 nitrogen and oxygen atoms in total. The van der Waals surface area contributed by atoms with Gasteiger partial charge in [-0.15, -0.1) is 11.3 Å². The van der Waals surface area contributed by atoms with Crippen molar-refractivity contribution in [1.29, 1.82) is 0 Å². The van der Waals surface area contributed by atoms with Gasteiger partial charge in [0.25, 0.3) is 0 Å². The molecule has 1 aliphatic rings. The molecule has 33 heavy (non-hydrogen) atoms. The van der Waals surface area contributed by atoms with Gasteiger partial charge in [-0.2, -0.15) is 5.48 Å². The Morgan fingerprint density at radius 1 is 1.30 bits per heavy atom. The van der Waals surface area contributed by atoms with E-state index in [2.05, 4.69) is 27.2 Å². The molecule has 0 aliphatic carbocycles. The van der Waals surface area contributed by atoms with Crippen molar-refractivity contribution in [3.05, 3.63) is 58.4 Å². The SMILES string of the molecule is COc1ccc2nccc([C@H](CC[C@@H]3CCN(CC#Cc4cccs4)C[C@@H]3CO)NO)c2c1. The van der Waals surface area contributed by atoms with E-state index in [1.54, 1.807) is 24.6 Å². The average molecular weight is 466 g/mol. The van der Waals surface area contributed by atoms with Gasteiger partial charge in [-0.05, 0) is 78.9 Å². The Morgan fingerprint density at radius 2 is 2.21 bits per heavy atom. The normalized spacial score (nSPS) is 19.7. The zero-order valence-corrected chi connectivity index (χ0v) is 19.7. The smallest absolute Gasteiger partial charge is 0.119 e. The number of hydroxylamine groups is 1. The molecule has 0 unspecified atom stereocenters. The van der Waals surface area contributed by atoms with Crippen molar-refractivity contribution in [2.75, 3.05) is 33.4 Å². The molecule has 0 radical (unpaired) electrons. The van der Waals surface area contributed by atoms with E-state index in [4.69, 9.17) is 4.74 Å². The minimum absolute atomic E-state index is 0.173. The molecule has 1 saturated heterocycles. The van der Waals surface area contributed by atoms with Crippen molar-refractivity contribution in [1.82, 2.24) is 15.4 Å². The summed E-state index contributed by atoms with van der Waals surface area (Å²) in [5.74, 6) is 7.89. The number of methoxy groups -OCH3 is 1. The summed E-state index contributed by atoms with van der Waals surface area (Å²) in [5, 5.41) is 23.0. The molecule has 4 rings (SSSR count). The van der Waals surface area contributed by atoms with Gasteiger partial charge in [0.1, 0.15) is 5.75 Å². The number of nitrogens with zero attached hydrogens (tertiary/aromatic N) is 2. The summed E-state index contributed by atoms with van der Waals surface area (Å²) in [6.07, 6.45) is 4.49. The van der Waals surface area contributed by atoms with Crippen LogP contribution in [0.3, 0.4) is 0 Å². The number of aromatic nitrogens is 1. The Bertz CT molecular complexity index is 1090. The lowest BCUT2D eigenvalue weighted by molar-refractivity contribution is 0.0657. The van der Waals surface area contributed by atoms with Crippen molar-refractivity contribution >= 4 is 22.2 Å². The van der Waals surface area contributed by atoms with Crippen LogP contribution < -0.4 is 10.2 Å². The van der Waals surface area contributed by atoms with Crippen LogP contribution in [0.25, 0.3) is 10.9 Å². The second-order valence-electron chi connectivity index (χ2n) is 8.55. The fourth-order valence-corrected chi connectivity index (χ4v) is 5.31. The second kappa shape index (κ2) is 11.6. The molecule has 1 aliphatic heterocycles. The predicted molar refractivity (Wildman–Crippen MR) is 132 cm³/mol. The highest BCUT2D eigenvalue weighted by Gasteiger charge is 2.29. The van der Waals surface area contributed by atoms with Crippen molar-refractivity contribution in [2.24, 2.45) is 11.8 Å². The molecule has 1 aromatic carbocycles. The molecule has 174 valence electrons. The standard InChI is InChI=1S/C26H31N3O3S/c1-32-21-7-9-25-24(16-21)23(10-12-27-25)26(28-31)8-6-19-11-14-29(17-20(19)18-30)13-2-4-22-5-3-15-33-22/h3,5,7,9-10,12,15-16,19-20,26,28,30-31H,6,8,11,13-14,17-18H2,1H3/t19-,20-,26+/m1/s1. The molecule has 3 heterocycles. The number of ether oxygens (including phenoxy) is 1. The number of fused-ring (bicyclic) bond motifs is 1. The molecule has 0 bridgehead atoms. The van der Waals surface area contributed by atoms with E-state index in [0.717, 1.165) is 66.0 Å². The second-order valence-corrected chi connectivity index (χ2v) is 9.50. The third-order valence-electron chi connectivity index (χ3n) is 6.59. The highest BCUT2D eigenvalue weighted by molar-refractivity contribution is 7.10. The van der Waals surface area contributed by atoms with E-state index in [0.29, 0.717) is 5.92 Å². The quantitative estimate of drug-likeness (QED) is 0.344. The summed E-state index contributed by atoms with van der Waals surface area (Å²) in [6, 6.07) is 11.6. The van der Waals surface area contributed by atoms with Gasteiger partial charge in [0.2, 0.25) is 0 Å². The number of benzene rings is 1. The van der Waals surface area contributed by atoms with Crippen LogP contribution in [-0.2, 0) is 0 Å². The van der Waals surface area contributed by atoms with Crippen LogP contribution in [0, 0.1) is 23.7 Å². The molecule has 3 aromatic rings. The fourth-order valence-electron chi connectivity index (χ4n) is 4.72. The maximum absolute atomic E-state index is 10.0. The highest BCUT2D eigenvalue weighted by Crippen LogP contribution is 2.33. The Kier molecular flexibility index (Phi) is 8.32. The highest BCUT2D eigenvalue weighted by atomic mass is 32.1. The first-order valence-electron chi connectivity index (χ1n) is 11.4. The van der Waals surface area contributed by atoms with Crippen LogP contribution in [0.2, 0.25) is 0 Å². The van der Waals surface area contributed by atoms with Crippen LogP contribution >= 0.6 is 11.3 Å². The number of hydrogen-bond donors (Lipinski definition) is 3. The zero-order valence-electron chi connectivity index (χ0n) is 18.9. The van der Waals surface area contributed by atoms with Gasteiger partial charge in [0.05, 0.1) is 30.1 Å². The van der Waals surface area contributed by atoms with Crippen LogP contribution in [0.4, 0.5) is 0 Å². The minimum Gasteiger partial charge on any atom is -0.497 e. The average Bonchev–Trinajstić information content (AvgIpc) is 3.38. The van der Waals surface area contributed by atoms with Gasteiger partial charge < -0.3 is 15.1 Å². The largest absolute Gasteiger partial charge is 0.497 e. The summed E-state index contributed by atoms with van der Waals surface area (Å²) in [7, 11) is 1.65. The number of nitrogens with one attached hydrogen (secondary N) is 1. The number of piperidine rings is 1. The summed E-state index contributed by atoms with van der Waals surface area (Å²) < 4.78 is 5.38. The lowest BCUT2D eigenvalue weighted by Crippen LogP contribution is -2.42.